The Morgan fingerprint density at radius 3 is 3.00 bits per heavy atom. The number of thiophene rings is 2. The van der Waals surface area contributed by atoms with Crippen molar-refractivity contribution in [2.24, 2.45) is 0 Å². The van der Waals surface area contributed by atoms with Crippen LogP contribution in [0.3, 0.4) is 0 Å². The Morgan fingerprint density at radius 1 is 1.45 bits per heavy atom. The van der Waals surface area contributed by atoms with Crippen LogP contribution in [0, 0.1) is 6.92 Å². The van der Waals surface area contributed by atoms with E-state index in [1.165, 1.54) is 21.8 Å². The maximum atomic E-state index is 12.2. The summed E-state index contributed by atoms with van der Waals surface area (Å²) in [5, 5.41) is 5.84. The Hall–Kier alpha value is -1.92. The van der Waals surface area contributed by atoms with Crippen molar-refractivity contribution in [2.45, 2.75) is 13.5 Å². The van der Waals surface area contributed by atoms with Crippen LogP contribution >= 0.6 is 22.7 Å². The number of fused-ring (bicyclic) bond motifs is 1. The maximum Gasteiger partial charge on any atom is 0.263 e. The number of rotatable bonds is 3. The number of aryl methyl sites for hydroxylation is 1. The van der Waals surface area contributed by atoms with Gasteiger partial charge in [0.2, 0.25) is 0 Å². The first-order valence-corrected chi connectivity index (χ1v) is 7.79. The molecule has 20 heavy (non-hydrogen) atoms. The van der Waals surface area contributed by atoms with E-state index in [2.05, 4.69) is 10.3 Å². The Morgan fingerprint density at radius 2 is 2.30 bits per heavy atom. The van der Waals surface area contributed by atoms with Crippen molar-refractivity contribution < 1.29 is 4.79 Å². The molecular weight excluding hydrogens is 290 g/mol. The first-order valence-electron chi connectivity index (χ1n) is 6.10. The van der Waals surface area contributed by atoms with Crippen LogP contribution in [-0.2, 0) is 6.54 Å². The van der Waals surface area contributed by atoms with Gasteiger partial charge in [0.05, 0.1) is 16.9 Å². The average Bonchev–Trinajstić information content (AvgIpc) is 3.01. The van der Waals surface area contributed by atoms with E-state index in [1.54, 1.807) is 23.7 Å². The van der Waals surface area contributed by atoms with Crippen molar-refractivity contribution in [1.29, 1.82) is 0 Å². The highest BCUT2D eigenvalue weighted by Crippen LogP contribution is 2.32. The van der Waals surface area contributed by atoms with Gasteiger partial charge in [-0.2, -0.15) is 0 Å². The van der Waals surface area contributed by atoms with Crippen molar-refractivity contribution in [3.8, 4) is 0 Å². The van der Waals surface area contributed by atoms with Gasteiger partial charge in [-0.15, -0.1) is 22.7 Å². The molecule has 0 radical (unpaired) electrons. The van der Waals surface area contributed by atoms with Crippen LogP contribution in [0.1, 0.15) is 20.1 Å². The molecule has 0 atom stereocenters. The fourth-order valence-corrected chi connectivity index (χ4v) is 3.82. The number of nitrogens with two attached hydrogens (primary N) is 1. The summed E-state index contributed by atoms with van der Waals surface area (Å²) in [4.78, 5) is 18.0. The molecular formula is C14H13N3OS2. The fourth-order valence-electron chi connectivity index (χ4n) is 1.97. The Labute approximate surface area is 124 Å². The number of nitrogens with one attached hydrogen (secondary N) is 1. The van der Waals surface area contributed by atoms with Gasteiger partial charge in [-0.05, 0) is 30.0 Å². The molecule has 0 aliphatic carbocycles. The van der Waals surface area contributed by atoms with Crippen molar-refractivity contribution in [3.63, 3.8) is 0 Å². The zero-order chi connectivity index (χ0) is 14.1. The molecule has 1 amide bonds. The van der Waals surface area contributed by atoms with Gasteiger partial charge < -0.3 is 11.1 Å². The molecule has 0 aliphatic heterocycles. The lowest BCUT2D eigenvalue weighted by Crippen LogP contribution is -2.22. The maximum absolute atomic E-state index is 12.2. The molecule has 0 bridgehead atoms. The number of hydrogen-bond acceptors (Lipinski definition) is 5. The number of carbonyl (C=O) groups excluding carboxylic acids is 1. The van der Waals surface area contributed by atoms with E-state index in [-0.39, 0.29) is 5.91 Å². The third kappa shape index (κ3) is 2.28. The molecule has 102 valence electrons. The minimum Gasteiger partial charge on any atom is -0.397 e. The highest BCUT2D eigenvalue weighted by molar-refractivity contribution is 7.21. The smallest absolute Gasteiger partial charge is 0.263 e. The number of hydrogen-bond donors (Lipinski definition) is 2. The quantitative estimate of drug-likeness (QED) is 0.781. The molecule has 0 saturated carbocycles. The molecule has 4 nitrogen and oxygen atoms in total. The lowest BCUT2D eigenvalue weighted by molar-refractivity contribution is 0.0956. The van der Waals surface area contributed by atoms with Crippen molar-refractivity contribution >= 4 is 44.4 Å². The average molecular weight is 303 g/mol. The number of nitrogens with zero attached hydrogens (tertiary/aromatic N) is 1. The van der Waals surface area contributed by atoms with E-state index < -0.39 is 0 Å². The van der Waals surface area contributed by atoms with Crippen LogP contribution in [0.5, 0.6) is 0 Å². The molecule has 0 saturated heterocycles. The van der Waals surface area contributed by atoms with Crippen LogP contribution in [0.4, 0.5) is 5.69 Å². The summed E-state index contributed by atoms with van der Waals surface area (Å²) in [6, 6.07) is 3.88. The van der Waals surface area contributed by atoms with Crippen LogP contribution in [0.15, 0.2) is 29.9 Å². The minimum absolute atomic E-state index is 0.128. The lowest BCUT2D eigenvalue weighted by Gasteiger charge is -2.03. The highest BCUT2D eigenvalue weighted by Gasteiger charge is 2.16. The van der Waals surface area contributed by atoms with E-state index in [0.717, 1.165) is 10.1 Å². The zero-order valence-electron chi connectivity index (χ0n) is 10.8. The van der Waals surface area contributed by atoms with Gasteiger partial charge in [0.25, 0.3) is 5.91 Å². The molecule has 0 fully saturated rings. The number of anilines is 1. The zero-order valence-corrected chi connectivity index (χ0v) is 12.5. The lowest BCUT2D eigenvalue weighted by atomic mass is 10.2. The van der Waals surface area contributed by atoms with Crippen molar-refractivity contribution in [2.75, 3.05) is 5.73 Å². The Kier molecular flexibility index (Phi) is 3.42. The van der Waals surface area contributed by atoms with E-state index in [4.69, 9.17) is 5.73 Å². The van der Waals surface area contributed by atoms with Gasteiger partial charge in [-0.3, -0.25) is 9.78 Å². The van der Waals surface area contributed by atoms with Gasteiger partial charge >= 0.3 is 0 Å². The molecule has 3 aromatic heterocycles. The predicted octanol–water partition coefficient (Wildman–Crippen LogP) is 3.18. The number of nitrogen functional groups attached to an aromatic ring is 1. The summed E-state index contributed by atoms with van der Waals surface area (Å²) in [6.45, 7) is 2.58. The normalized spacial score (nSPS) is 10.8. The molecule has 3 rings (SSSR count). The largest absolute Gasteiger partial charge is 0.397 e. The van der Waals surface area contributed by atoms with Crippen LogP contribution in [0.2, 0.25) is 0 Å². The van der Waals surface area contributed by atoms with Gasteiger partial charge in [-0.1, -0.05) is 0 Å². The molecule has 0 unspecified atom stereocenters. The van der Waals surface area contributed by atoms with Crippen molar-refractivity contribution in [1.82, 2.24) is 10.3 Å². The molecule has 6 heteroatoms. The number of aromatic nitrogens is 1. The molecule has 0 spiro atoms. The standard InChI is InChI=1S/C14H13N3OS2/c1-8-3-5-19-10(8)7-17-14(18)13-12(15)9-2-4-16-6-11(9)20-13/h2-6H,7,15H2,1H3,(H,17,18). The molecule has 3 heterocycles. The summed E-state index contributed by atoms with van der Waals surface area (Å²) in [6.07, 6.45) is 3.42. The monoisotopic (exact) mass is 303 g/mol. The van der Waals surface area contributed by atoms with Crippen LogP contribution < -0.4 is 11.1 Å². The molecule has 3 aromatic rings. The summed E-state index contributed by atoms with van der Waals surface area (Å²) in [5.74, 6) is -0.128. The summed E-state index contributed by atoms with van der Waals surface area (Å²) < 4.78 is 0.933. The van der Waals surface area contributed by atoms with E-state index in [9.17, 15) is 4.79 Å². The second-order valence-electron chi connectivity index (χ2n) is 4.43. The van der Waals surface area contributed by atoms with E-state index in [1.807, 2.05) is 24.4 Å². The fraction of sp³-hybridized carbons (Fsp3) is 0.143. The van der Waals surface area contributed by atoms with Gasteiger partial charge in [0.15, 0.2) is 0 Å². The third-order valence-electron chi connectivity index (χ3n) is 3.12. The minimum atomic E-state index is -0.128. The summed E-state index contributed by atoms with van der Waals surface area (Å²) in [5.41, 5.74) is 7.78. The van der Waals surface area contributed by atoms with Crippen LogP contribution in [-0.4, -0.2) is 10.9 Å². The highest BCUT2D eigenvalue weighted by atomic mass is 32.1. The van der Waals surface area contributed by atoms with Crippen molar-refractivity contribution in [3.05, 3.63) is 45.2 Å². The second kappa shape index (κ2) is 5.22. The molecule has 0 aliphatic rings. The number of carbonyl (C=O) groups is 1. The second-order valence-corrected chi connectivity index (χ2v) is 6.48. The number of pyridine rings is 1. The van der Waals surface area contributed by atoms with Crippen LogP contribution in [0.25, 0.3) is 10.1 Å². The first kappa shape index (κ1) is 13.1. The number of amides is 1. The molecule has 3 N–H and O–H groups in total. The van der Waals surface area contributed by atoms with Gasteiger partial charge in [0.1, 0.15) is 4.88 Å². The van der Waals surface area contributed by atoms with Gasteiger partial charge in [-0.25, -0.2) is 0 Å². The summed E-state index contributed by atoms with van der Waals surface area (Å²) in [7, 11) is 0. The van der Waals surface area contributed by atoms with Gasteiger partial charge in [0, 0.05) is 22.7 Å². The van der Waals surface area contributed by atoms with E-state index >= 15 is 0 Å². The molecule has 0 aromatic carbocycles. The Bertz CT molecular complexity index is 776. The topological polar surface area (TPSA) is 68.0 Å². The first-order chi connectivity index (χ1) is 9.66. The summed E-state index contributed by atoms with van der Waals surface area (Å²) >= 11 is 3.02. The third-order valence-corrected chi connectivity index (χ3v) is 5.29. The van der Waals surface area contributed by atoms with E-state index in [0.29, 0.717) is 17.1 Å². The SMILES string of the molecule is Cc1ccsc1CNC(=O)c1sc2cnccc2c1N. The Balaban J connectivity index is 1.82. The predicted molar refractivity (Wildman–Crippen MR) is 84.3 cm³/mol.